The van der Waals surface area contributed by atoms with Crippen LogP contribution in [0.15, 0.2) is 48.5 Å². The molecule has 0 bridgehead atoms. The molecule has 6 nitrogen and oxygen atoms in total. The summed E-state index contributed by atoms with van der Waals surface area (Å²) in [6.07, 6.45) is 1.81. The first kappa shape index (κ1) is 20.5. The lowest BCUT2D eigenvalue weighted by Gasteiger charge is -2.21. The third kappa shape index (κ3) is 5.88. The molecule has 0 radical (unpaired) electrons. The number of anilines is 1. The molecule has 3 rings (SSSR count). The van der Waals surface area contributed by atoms with E-state index in [1.54, 1.807) is 43.3 Å². The predicted octanol–water partition coefficient (Wildman–Crippen LogP) is 2.95. The number of amides is 3. The maximum absolute atomic E-state index is 12.9. The fourth-order valence-corrected chi connectivity index (χ4v) is 2.86. The lowest BCUT2D eigenvalue weighted by atomic mass is 10.1. The molecule has 0 spiro atoms. The molecular weight excluding hydrogens is 373 g/mol. The molecule has 29 heavy (non-hydrogen) atoms. The van der Waals surface area contributed by atoms with E-state index in [1.165, 1.54) is 17.0 Å². The summed E-state index contributed by atoms with van der Waals surface area (Å²) < 4.78 is 12.9. The Morgan fingerprint density at radius 2 is 1.83 bits per heavy atom. The van der Waals surface area contributed by atoms with Crippen LogP contribution in [0, 0.1) is 11.7 Å². The van der Waals surface area contributed by atoms with Crippen molar-refractivity contribution in [3.05, 3.63) is 65.5 Å². The number of benzene rings is 2. The van der Waals surface area contributed by atoms with Crippen molar-refractivity contribution in [2.45, 2.75) is 26.3 Å². The Morgan fingerprint density at radius 3 is 2.48 bits per heavy atom. The summed E-state index contributed by atoms with van der Waals surface area (Å²) in [5.74, 6) is -0.874. The van der Waals surface area contributed by atoms with Crippen LogP contribution in [0.3, 0.4) is 0 Å². The number of hydrogen-bond donors (Lipinski definition) is 2. The third-order valence-corrected chi connectivity index (χ3v) is 4.73. The number of hydrogen-bond acceptors (Lipinski definition) is 3. The van der Waals surface area contributed by atoms with Crippen molar-refractivity contribution in [2.75, 3.05) is 18.4 Å². The van der Waals surface area contributed by atoms with Crippen LogP contribution in [-0.2, 0) is 16.1 Å². The quantitative estimate of drug-likeness (QED) is 0.719. The summed E-state index contributed by atoms with van der Waals surface area (Å²) >= 11 is 0. The van der Waals surface area contributed by atoms with Gasteiger partial charge in [-0.1, -0.05) is 18.2 Å². The Hall–Kier alpha value is -3.22. The van der Waals surface area contributed by atoms with Crippen molar-refractivity contribution >= 4 is 23.4 Å². The van der Waals surface area contributed by atoms with Gasteiger partial charge in [0.05, 0.1) is 6.54 Å². The van der Waals surface area contributed by atoms with Crippen LogP contribution in [0.1, 0.15) is 35.7 Å². The van der Waals surface area contributed by atoms with Crippen molar-refractivity contribution in [2.24, 2.45) is 5.92 Å². The normalized spacial score (nSPS) is 12.9. The van der Waals surface area contributed by atoms with E-state index >= 15 is 0 Å². The van der Waals surface area contributed by atoms with Crippen LogP contribution in [0.2, 0.25) is 0 Å². The molecule has 3 amide bonds. The highest BCUT2D eigenvalue weighted by molar-refractivity contribution is 5.99. The van der Waals surface area contributed by atoms with Crippen LogP contribution in [0.25, 0.3) is 0 Å². The maximum atomic E-state index is 12.9. The summed E-state index contributed by atoms with van der Waals surface area (Å²) in [6, 6.07) is 12.6. The number of carbonyl (C=O) groups is 3. The molecule has 0 unspecified atom stereocenters. The highest BCUT2D eigenvalue weighted by Gasteiger charge is 2.29. The molecule has 0 heterocycles. The highest BCUT2D eigenvalue weighted by Crippen LogP contribution is 2.30. The zero-order valence-electron chi connectivity index (χ0n) is 16.3. The lowest BCUT2D eigenvalue weighted by molar-refractivity contribution is -0.122. The summed E-state index contributed by atoms with van der Waals surface area (Å²) in [5, 5.41) is 5.56. The van der Waals surface area contributed by atoms with E-state index in [0.29, 0.717) is 17.8 Å². The van der Waals surface area contributed by atoms with Gasteiger partial charge in [0.15, 0.2) is 0 Å². The molecule has 2 aromatic rings. The van der Waals surface area contributed by atoms with E-state index in [0.717, 1.165) is 18.4 Å². The Balaban J connectivity index is 1.57. The van der Waals surface area contributed by atoms with Gasteiger partial charge in [-0.2, -0.15) is 0 Å². The van der Waals surface area contributed by atoms with Gasteiger partial charge in [0.25, 0.3) is 5.91 Å². The van der Waals surface area contributed by atoms with Gasteiger partial charge in [-0.25, -0.2) is 4.39 Å². The highest BCUT2D eigenvalue weighted by atomic mass is 19.1. The second-order valence-electron chi connectivity index (χ2n) is 7.07. The van der Waals surface area contributed by atoms with E-state index in [1.807, 2.05) is 0 Å². The molecular formula is C22H24FN3O3. The van der Waals surface area contributed by atoms with Gasteiger partial charge >= 0.3 is 0 Å². The lowest BCUT2D eigenvalue weighted by Crippen LogP contribution is -2.40. The van der Waals surface area contributed by atoms with Gasteiger partial charge in [0.1, 0.15) is 5.82 Å². The zero-order valence-corrected chi connectivity index (χ0v) is 16.3. The van der Waals surface area contributed by atoms with Crippen molar-refractivity contribution in [1.82, 2.24) is 10.2 Å². The summed E-state index contributed by atoms with van der Waals surface area (Å²) in [4.78, 5) is 38.4. The van der Waals surface area contributed by atoms with Crippen LogP contribution in [0.4, 0.5) is 10.1 Å². The molecule has 1 saturated carbocycles. The smallest absolute Gasteiger partial charge is 0.254 e. The number of nitrogens with zero attached hydrogens (tertiary/aromatic N) is 1. The number of nitrogens with one attached hydrogen (secondary N) is 2. The average molecular weight is 397 g/mol. The number of rotatable bonds is 8. The average Bonchev–Trinajstić information content (AvgIpc) is 3.57. The second kappa shape index (κ2) is 9.32. The van der Waals surface area contributed by atoms with Gasteiger partial charge in [0, 0.05) is 30.3 Å². The first-order chi connectivity index (χ1) is 14.0. The molecule has 0 aromatic heterocycles. The maximum Gasteiger partial charge on any atom is 0.254 e. The van der Waals surface area contributed by atoms with Gasteiger partial charge in [-0.15, -0.1) is 0 Å². The standard InChI is InChI=1S/C22H24FN3O3/c1-2-26(14-20(27)24-13-15-6-10-18(23)11-7-15)22(29)17-4-3-5-19(12-17)25-21(28)16-8-9-16/h3-7,10-12,16H,2,8-9,13-14H2,1H3,(H,24,27)(H,25,28). The monoisotopic (exact) mass is 397 g/mol. The van der Waals surface area contributed by atoms with E-state index in [4.69, 9.17) is 0 Å². The summed E-state index contributed by atoms with van der Waals surface area (Å²) in [5.41, 5.74) is 1.75. The van der Waals surface area contributed by atoms with Gasteiger partial charge < -0.3 is 15.5 Å². The predicted molar refractivity (Wildman–Crippen MR) is 108 cm³/mol. The van der Waals surface area contributed by atoms with Gasteiger partial charge in [-0.3, -0.25) is 14.4 Å². The van der Waals surface area contributed by atoms with Crippen LogP contribution in [0.5, 0.6) is 0 Å². The number of halogens is 1. The molecule has 1 aliphatic carbocycles. The Labute approximate surface area is 169 Å². The minimum absolute atomic E-state index is 0.0258. The molecule has 2 N–H and O–H groups in total. The van der Waals surface area contributed by atoms with E-state index in [9.17, 15) is 18.8 Å². The fourth-order valence-electron chi connectivity index (χ4n) is 2.86. The summed E-state index contributed by atoms with van der Waals surface area (Å²) in [7, 11) is 0. The first-order valence-electron chi connectivity index (χ1n) is 9.67. The topological polar surface area (TPSA) is 78.5 Å². The summed E-state index contributed by atoms with van der Waals surface area (Å²) in [6.45, 7) is 2.33. The molecule has 152 valence electrons. The van der Waals surface area contributed by atoms with Crippen molar-refractivity contribution in [1.29, 1.82) is 0 Å². The minimum Gasteiger partial charge on any atom is -0.350 e. The Morgan fingerprint density at radius 1 is 1.10 bits per heavy atom. The van der Waals surface area contributed by atoms with E-state index in [2.05, 4.69) is 10.6 Å². The largest absolute Gasteiger partial charge is 0.350 e. The Bertz CT molecular complexity index is 894. The third-order valence-electron chi connectivity index (χ3n) is 4.73. The van der Waals surface area contributed by atoms with Crippen LogP contribution < -0.4 is 10.6 Å². The van der Waals surface area contributed by atoms with Crippen LogP contribution in [-0.4, -0.2) is 35.7 Å². The molecule has 2 aromatic carbocycles. The number of carbonyl (C=O) groups excluding carboxylic acids is 3. The van der Waals surface area contributed by atoms with E-state index < -0.39 is 0 Å². The van der Waals surface area contributed by atoms with Crippen molar-refractivity contribution in [3.8, 4) is 0 Å². The first-order valence-corrected chi connectivity index (χ1v) is 9.67. The SMILES string of the molecule is CCN(CC(=O)NCc1ccc(F)cc1)C(=O)c1cccc(NC(=O)C2CC2)c1. The Kier molecular flexibility index (Phi) is 6.59. The number of likely N-dealkylation sites (N-methyl/N-ethyl adjacent to an activating group) is 1. The molecule has 0 aliphatic heterocycles. The minimum atomic E-state index is -0.335. The zero-order chi connectivity index (χ0) is 20.8. The van der Waals surface area contributed by atoms with E-state index in [-0.39, 0.29) is 42.5 Å². The van der Waals surface area contributed by atoms with Crippen molar-refractivity contribution < 1.29 is 18.8 Å². The molecule has 0 atom stereocenters. The van der Waals surface area contributed by atoms with Gasteiger partial charge in [-0.05, 0) is 55.7 Å². The fraction of sp³-hybridized carbons (Fsp3) is 0.318. The van der Waals surface area contributed by atoms with Gasteiger partial charge in [0.2, 0.25) is 11.8 Å². The van der Waals surface area contributed by atoms with Crippen LogP contribution >= 0.6 is 0 Å². The molecule has 7 heteroatoms. The molecule has 0 saturated heterocycles. The van der Waals surface area contributed by atoms with Crippen molar-refractivity contribution in [3.63, 3.8) is 0 Å². The second-order valence-corrected chi connectivity index (χ2v) is 7.07. The molecule has 1 aliphatic rings. The molecule has 1 fully saturated rings.